The van der Waals surface area contributed by atoms with Crippen molar-refractivity contribution in [1.29, 1.82) is 0 Å². The first-order valence-corrected chi connectivity index (χ1v) is 8.13. The lowest BCUT2D eigenvalue weighted by Gasteiger charge is -2.06. The normalized spacial score (nSPS) is 11.6. The molecule has 0 aliphatic heterocycles. The van der Waals surface area contributed by atoms with E-state index in [0.29, 0.717) is 15.7 Å². The van der Waals surface area contributed by atoms with Crippen LogP contribution in [0.4, 0.5) is 5.95 Å². The lowest BCUT2D eigenvalue weighted by Crippen LogP contribution is -2.15. The highest BCUT2D eigenvalue weighted by Crippen LogP contribution is 2.34. The third kappa shape index (κ3) is 3.36. The summed E-state index contributed by atoms with van der Waals surface area (Å²) in [7, 11) is -3.84. The zero-order valence-corrected chi connectivity index (χ0v) is 13.1. The van der Waals surface area contributed by atoms with Gasteiger partial charge in [-0.15, -0.1) is 11.3 Å². The smallest absolute Gasteiger partial charge is 0.247 e. The van der Waals surface area contributed by atoms with Crippen LogP contribution in [0, 0.1) is 13.8 Å². The molecule has 0 bridgehead atoms. The number of aryl methyl sites for hydroxylation is 2. The molecule has 0 amide bonds. The van der Waals surface area contributed by atoms with Crippen molar-refractivity contribution in [3.8, 4) is 0 Å². The highest BCUT2D eigenvalue weighted by Gasteiger charge is 2.22. The number of anilines is 1. The molecule has 0 aromatic carbocycles. The molecule has 19 heavy (non-hydrogen) atoms. The van der Waals surface area contributed by atoms with E-state index in [-0.39, 0.29) is 15.2 Å². The topological polar surface area (TPSA) is 72.0 Å². The molecule has 9 heteroatoms. The molecule has 0 radical (unpaired) electrons. The van der Waals surface area contributed by atoms with Crippen LogP contribution in [0.1, 0.15) is 11.4 Å². The maximum absolute atomic E-state index is 12.1. The lowest BCUT2D eigenvalue weighted by molar-refractivity contribution is 0.601. The molecule has 0 fully saturated rings. The van der Waals surface area contributed by atoms with E-state index in [2.05, 4.69) is 14.7 Å². The quantitative estimate of drug-likeness (QED) is 0.932. The van der Waals surface area contributed by atoms with E-state index < -0.39 is 10.0 Å². The maximum Gasteiger partial charge on any atom is 0.266 e. The van der Waals surface area contributed by atoms with E-state index in [0.717, 1.165) is 11.3 Å². The van der Waals surface area contributed by atoms with Crippen LogP contribution in [0.25, 0.3) is 0 Å². The fraction of sp³-hybridized carbons (Fsp3) is 0.200. The van der Waals surface area contributed by atoms with Crippen LogP contribution < -0.4 is 4.72 Å². The van der Waals surface area contributed by atoms with Crippen molar-refractivity contribution in [2.75, 3.05) is 4.72 Å². The molecule has 2 aromatic heterocycles. The second-order valence-electron chi connectivity index (χ2n) is 3.77. The van der Waals surface area contributed by atoms with Gasteiger partial charge in [0.25, 0.3) is 10.0 Å². The standard InChI is InChI=1S/C10H9Cl2N3O2S2/c1-5-3-6(2)14-10(13-5)15-19(16,17)7-4-8(11)18-9(7)12/h3-4H,1-2H3,(H,13,14,15). The number of halogens is 2. The van der Waals surface area contributed by atoms with Gasteiger partial charge in [-0.2, -0.15) is 0 Å². The van der Waals surface area contributed by atoms with Crippen LogP contribution in [0.3, 0.4) is 0 Å². The van der Waals surface area contributed by atoms with Gasteiger partial charge in [0.05, 0.1) is 4.34 Å². The fourth-order valence-electron chi connectivity index (χ4n) is 1.46. The number of rotatable bonds is 3. The van der Waals surface area contributed by atoms with Crippen molar-refractivity contribution >= 4 is 50.5 Å². The lowest BCUT2D eigenvalue weighted by atomic mass is 10.4. The Hall–Kier alpha value is -0.890. The molecule has 0 saturated carbocycles. The van der Waals surface area contributed by atoms with E-state index in [1.54, 1.807) is 19.9 Å². The van der Waals surface area contributed by atoms with Gasteiger partial charge in [0.2, 0.25) is 5.95 Å². The summed E-state index contributed by atoms with van der Waals surface area (Å²) in [6.07, 6.45) is 0. The fourth-order valence-corrected chi connectivity index (χ4v) is 4.55. The van der Waals surface area contributed by atoms with Crippen molar-refractivity contribution in [3.05, 3.63) is 32.2 Å². The largest absolute Gasteiger partial charge is 0.266 e. The molecule has 2 aromatic rings. The molecule has 1 N–H and O–H groups in total. The van der Waals surface area contributed by atoms with Crippen molar-refractivity contribution in [3.63, 3.8) is 0 Å². The Labute approximate surface area is 124 Å². The Bertz CT molecular complexity index is 708. The predicted molar refractivity (Wildman–Crippen MR) is 76.7 cm³/mol. The maximum atomic E-state index is 12.1. The van der Waals surface area contributed by atoms with Crippen LogP contribution in [0.5, 0.6) is 0 Å². The van der Waals surface area contributed by atoms with E-state index in [4.69, 9.17) is 23.2 Å². The molecule has 102 valence electrons. The van der Waals surface area contributed by atoms with E-state index in [9.17, 15) is 8.42 Å². The molecule has 2 heterocycles. The number of nitrogens with one attached hydrogen (secondary N) is 1. The van der Waals surface area contributed by atoms with Crippen LogP contribution >= 0.6 is 34.5 Å². The van der Waals surface area contributed by atoms with Gasteiger partial charge >= 0.3 is 0 Å². The third-order valence-electron chi connectivity index (χ3n) is 2.12. The monoisotopic (exact) mass is 337 g/mol. The first-order valence-electron chi connectivity index (χ1n) is 5.08. The first kappa shape index (κ1) is 14.5. The number of aromatic nitrogens is 2. The highest BCUT2D eigenvalue weighted by molar-refractivity contribution is 7.93. The van der Waals surface area contributed by atoms with Crippen LogP contribution in [-0.2, 0) is 10.0 Å². The van der Waals surface area contributed by atoms with Gasteiger partial charge in [-0.1, -0.05) is 23.2 Å². The van der Waals surface area contributed by atoms with Crippen molar-refractivity contribution < 1.29 is 8.42 Å². The molecule has 5 nitrogen and oxygen atoms in total. The highest BCUT2D eigenvalue weighted by atomic mass is 35.5. The molecule has 0 unspecified atom stereocenters. The minimum Gasteiger partial charge on any atom is -0.247 e. The van der Waals surface area contributed by atoms with Crippen molar-refractivity contribution in [2.45, 2.75) is 18.7 Å². The summed E-state index contributed by atoms with van der Waals surface area (Å²) in [5.41, 5.74) is 1.33. The zero-order valence-electron chi connectivity index (χ0n) is 9.94. The summed E-state index contributed by atoms with van der Waals surface area (Å²) in [6, 6.07) is 3.03. The molecule has 0 aliphatic rings. The van der Waals surface area contributed by atoms with Gasteiger partial charge in [0.15, 0.2) is 0 Å². The van der Waals surface area contributed by atoms with Gasteiger partial charge in [0.1, 0.15) is 9.23 Å². The van der Waals surface area contributed by atoms with Gasteiger partial charge in [-0.3, -0.25) is 0 Å². The van der Waals surface area contributed by atoms with Crippen LogP contribution in [-0.4, -0.2) is 18.4 Å². The second-order valence-corrected chi connectivity index (χ2v) is 7.70. The minimum atomic E-state index is -3.84. The summed E-state index contributed by atoms with van der Waals surface area (Å²) in [6.45, 7) is 3.50. The predicted octanol–water partition coefficient (Wildman–Crippen LogP) is 3.26. The average Bonchev–Trinajstić information content (AvgIpc) is 2.56. The average molecular weight is 338 g/mol. The van der Waals surface area contributed by atoms with Crippen LogP contribution in [0.15, 0.2) is 17.0 Å². The Kier molecular flexibility index (Phi) is 4.00. The Balaban J connectivity index is 2.39. The van der Waals surface area contributed by atoms with Gasteiger partial charge in [-0.25, -0.2) is 23.1 Å². The van der Waals surface area contributed by atoms with Gasteiger partial charge in [0, 0.05) is 11.4 Å². The number of thiophene rings is 1. The number of hydrogen-bond acceptors (Lipinski definition) is 5. The Morgan fingerprint density at radius 3 is 2.21 bits per heavy atom. The van der Waals surface area contributed by atoms with Crippen molar-refractivity contribution in [1.82, 2.24) is 9.97 Å². The minimum absolute atomic E-state index is 0.0101. The zero-order chi connectivity index (χ0) is 14.2. The number of nitrogens with zero attached hydrogens (tertiary/aromatic N) is 2. The Morgan fingerprint density at radius 1 is 1.16 bits per heavy atom. The SMILES string of the molecule is Cc1cc(C)nc(NS(=O)(=O)c2cc(Cl)sc2Cl)n1. The summed E-state index contributed by atoms with van der Waals surface area (Å²) in [5, 5.41) is 0. The van der Waals surface area contributed by atoms with Crippen LogP contribution in [0.2, 0.25) is 8.67 Å². The molecule has 0 atom stereocenters. The molecule has 2 rings (SSSR count). The van der Waals surface area contributed by atoms with E-state index in [1.807, 2.05) is 0 Å². The van der Waals surface area contributed by atoms with Gasteiger partial charge in [-0.05, 0) is 26.0 Å². The molecular weight excluding hydrogens is 329 g/mol. The molecule has 0 saturated heterocycles. The summed E-state index contributed by atoms with van der Waals surface area (Å²) in [4.78, 5) is 7.94. The van der Waals surface area contributed by atoms with E-state index >= 15 is 0 Å². The summed E-state index contributed by atoms with van der Waals surface area (Å²) in [5.74, 6) is 0.0101. The number of hydrogen-bond donors (Lipinski definition) is 1. The van der Waals surface area contributed by atoms with Crippen molar-refractivity contribution in [2.24, 2.45) is 0 Å². The Morgan fingerprint density at radius 2 is 1.74 bits per heavy atom. The molecular formula is C10H9Cl2N3O2S2. The summed E-state index contributed by atoms with van der Waals surface area (Å²) >= 11 is 12.6. The third-order valence-corrected chi connectivity index (χ3v) is 5.20. The molecule has 0 spiro atoms. The molecule has 0 aliphatic carbocycles. The van der Waals surface area contributed by atoms with E-state index in [1.165, 1.54) is 6.07 Å². The number of sulfonamides is 1. The second kappa shape index (κ2) is 5.24. The van der Waals surface area contributed by atoms with Gasteiger partial charge < -0.3 is 0 Å². The summed E-state index contributed by atoms with van der Waals surface area (Å²) < 4.78 is 26.9. The first-order chi connectivity index (χ1) is 8.78.